The molecule has 0 bridgehead atoms. The van der Waals surface area contributed by atoms with Crippen LogP contribution in [-0.2, 0) is 9.53 Å². The van der Waals surface area contributed by atoms with Crippen molar-refractivity contribution in [1.29, 1.82) is 0 Å². The number of hydrogen-bond donors (Lipinski definition) is 1. The molecule has 1 atom stereocenters. The Morgan fingerprint density at radius 3 is 2.65 bits per heavy atom. The van der Waals surface area contributed by atoms with Crippen LogP contribution in [0.25, 0.3) is 0 Å². The van der Waals surface area contributed by atoms with Gasteiger partial charge in [-0.15, -0.1) is 0 Å². The molecule has 0 aromatic carbocycles. The highest BCUT2D eigenvalue weighted by Gasteiger charge is 2.26. The van der Waals surface area contributed by atoms with Gasteiger partial charge in [0.2, 0.25) is 0 Å². The Bertz CT molecular complexity index is 296. The largest absolute Gasteiger partial charge is 0.478 e. The van der Waals surface area contributed by atoms with E-state index in [1.165, 1.54) is 6.42 Å². The van der Waals surface area contributed by atoms with Crippen molar-refractivity contribution in [3.05, 3.63) is 22.5 Å². The molecule has 0 aromatic heterocycles. The summed E-state index contributed by atoms with van der Waals surface area (Å²) in [7, 11) is 0. The number of rotatable bonds is 6. The van der Waals surface area contributed by atoms with Gasteiger partial charge < -0.3 is 9.84 Å². The first-order valence-corrected chi connectivity index (χ1v) is 5.78. The summed E-state index contributed by atoms with van der Waals surface area (Å²) in [6.45, 7) is 0. The van der Waals surface area contributed by atoms with Crippen LogP contribution in [0, 0.1) is 16.0 Å². The van der Waals surface area contributed by atoms with E-state index in [1.54, 1.807) is 0 Å². The lowest BCUT2D eigenvalue weighted by Crippen LogP contribution is -2.25. The second-order valence-corrected chi connectivity index (χ2v) is 4.26. The van der Waals surface area contributed by atoms with Crippen LogP contribution in [0.2, 0.25) is 0 Å². The van der Waals surface area contributed by atoms with Crippen LogP contribution in [-0.4, -0.2) is 22.2 Å². The van der Waals surface area contributed by atoms with Gasteiger partial charge in [-0.3, -0.25) is 10.1 Å². The second-order valence-electron chi connectivity index (χ2n) is 4.26. The average Bonchev–Trinajstić information content (AvgIpc) is 2.28. The molecule has 0 radical (unpaired) electrons. The molecule has 1 unspecified atom stereocenters. The molecule has 0 aliphatic heterocycles. The third-order valence-corrected chi connectivity index (χ3v) is 2.94. The number of hydrogen-bond acceptors (Lipinski definition) is 4. The van der Waals surface area contributed by atoms with Crippen LogP contribution in [0.15, 0.2) is 12.3 Å². The van der Waals surface area contributed by atoms with Crippen molar-refractivity contribution < 1.29 is 19.6 Å². The maximum Gasteiger partial charge on any atom is 0.353 e. The smallest absolute Gasteiger partial charge is 0.353 e. The predicted octanol–water partition coefficient (Wildman–Crippen LogP) is 2.17. The molecule has 6 nitrogen and oxygen atoms in total. The van der Waals surface area contributed by atoms with Gasteiger partial charge in [0.1, 0.15) is 0 Å². The summed E-state index contributed by atoms with van der Waals surface area (Å²) in [5, 5.41) is 19.1. The molecule has 6 heteroatoms. The van der Waals surface area contributed by atoms with Crippen molar-refractivity contribution >= 4 is 5.97 Å². The number of aliphatic carboxylic acids is 1. The summed E-state index contributed by atoms with van der Waals surface area (Å²) in [5.41, 5.74) is 0. The van der Waals surface area contributed by atoms with Crippen molar-refractivity contribution in [1.82, 2.24) is 0 Å². The molecule has 0 spiro atoms. The van der Waals surface area contributed by atoms with Gasteiger partial charge in [-0.25, -0.2) is 4.79 Å². The van der Waals surface area contributed by atoms with Crippen molar-refractivity contribution in [2.75, 3.05) is 0 Å². The standard InChI is InChI=1S/C11H17NO5/c13-11(14)6-7-17-10(12(15)16)8-9-4-2-1-3-5-9/h6-7,9-10H,1-5,8H2,(H,13,14). The summed E-state index contributed by atoms with van der Waals surface area (Å²) in [6.07, 6.45) is 6.29. The number of carbonyl (C=O) groups is 1. The molecule has 1 rings (SSSR count). The number of nitro groups is 1. The van der Waals surface area contributed by atoms with Crippen LogP contribution >= 0.6 is 0 Å². The van der Waals surface area contributed by atoms with Gasteiger partial charge in [0.25, 0.3) is 0 Å². The zero-order chi connectivity index (χ0) is 12.7. The van der Waals surface area contributed by atoms with Crippen LogP contribution < -0.4 is 0 Å². The maximum atomic E-state index is 10.7. The first-order chi connectivity index (χ1) is 8.09. The van der Waals surface area contributed by atoms with Gasteiger partial charge >= 0.3 is 12.2 Å². The third kappa shape index (κ3) is 5.33. The van der Waals surface area contributed by atoms with Crippen molar-refractivity contribution in [2.24, 2.45) is 5.92 Å². The highest BCUT2D eigenvalue weighted by atomic mass is 16.7. The lowest BCUT2D eigenvalue weighted by Gasteiger charge is -2.22. The van der Waals surface area contributed by atoms with Crippen LogP contribution in [0.3, 0.4) is 0 Å². The molecule has 96 valence electrons. The summed E-state index contributed by atoms with van der Waals surface area (Å²) >= 11 is 0. The van der Waals surface area contributed by atoms with E-state index in [0.29, 0.717) is 12.3 Å². The molecule has 1 fully saturated rings. The Kier molecular flexibility index (Phi) is 5.45. The topological polar surface area (TPSA) is 89.7 Å². The molecule has 1 aliphatic carbocycles. The van der Waals surface area contributed by atoms with E-state index in [0.717, 1.165) is 38.0 Å². The van der Waals surface area contributed by atoms with Crippen molar-refractivity contribution in [3.8, 4) is 0 Å². The van der Waals surface area contributed by atoms with Gasteiger partial charge in [-0.05, 0) is 5.92 Å². The van der Waals surface area contributed by atoms with Gasteiger partial charge in [0, 0.05) is 0 Å². The fourth-order valence-electron chi connectivity index (χ4n) is 2.09. The average molecular weight is 243 g/mol. The molecule has 1 saturated carbocycles. The Morgan fingerprint density at radius 1 is 1.47 bits per heavy atom. The van der Waals surface area contributed by atoms with Gasteiger partial charge in [-0.1, -0.05) is 32.1 Å². The van der Waals surface area contributed by atoms with E-state index in [4.69, 9.17) is 9.84 Å². The van der Waals surface area contributed by atoms with Gasteiger partial charge in [0.15, 0.2) is 0 Å². The van der Waals surface area contributed by atoms with E-state index in [2.05, 4.69) is 0 Å². The van der Waals surface area contributed by atoms with Gasteiger partial charge in [0.05, 0.1) is 23.7 Å². The number of nitrogens with zero attached hydrogens (tertiary/aromatic N) is 1. The van der Waals surface area contributed by atoms with Gasteiger partial charge in [-0.2, -0.15) is 0 Å². The fourth-order valence-corrected chi connectivity index (χ4v) is 2.09. The lowest BCUT2D eigenvalue weighted by molar-refractivity contribution is -0.572. The summed E-state index contributed by atoms with van der Waals surface area (Å²) in [4.78, 5) is 20.5. The summed E-state index contributed by atoms with van der Waals surface area (Å²) < 4.78 is 4.86. The van der Waals surface area contributed by atoms with Crippen molar-refractivity contribution in [3.63, 3.8) is 0 Å². The molecule has 0 amide bonds. The van der Waals surface area contributed by atoms with E-state index < -0.39 is 17.1 Å². The highest BCUT2D eigenvalue weighted by Crippen LogP contribution is 2.28. The van der Waals surface area contributed by atoms with Crippen LogP contribution in [0.4, 0.5) is 0 Å². The molecule has 1 N–H and O–H groups in total. The summed E-state index contributed by atoms with van der Waals surface area (Å²) in [6, 6.07) is 0. The van der Waals surface area contributed by atoms with E-state index in [1.807, 2.05) is 0 Å². The van der Waals surface area contributed by atoms with Crippen molar-refractivity contribution in [2.45, 2.75) is 44.8 Å². The molecule has 1 aliphatic rings. The maximum absolute atomic E-state index is 10.7. The number of ether oxygens (including phenoxy) is 1. The Hall–Kier alpha value is -1.59. The lowest BCUT2D eigenvalue weighted by atomic mass is 9.86. The minimum atomic E-state index is -1.18. The quantitative estimate of drug-likeness (QED) is 0.254. The predicted molar refractivity (Wildman–Crippen MR) is 59.8 cm³/mol. The summed E-state index contributed by atoms with van der Waals surface area (Å²) in [5.74, 6) is -0.859. The zero-order valence-corrected chi connectivity index (χ0v) is 9.58. The zero-order valence-electron chi connectivity index (χ0n) is 9.58. The normalized spacial score (nSPS) is 19.1. The van der Waals surface area contributed by atoms with Crippen LogP contribution in [0.5, 0.6) is 0 Å². The number of carboxylic acids is 1. The Balaban J connectivity index is 2.42. The monoisotopic (exact) mass is 243 g/mol. The highest BCUT2D eigenvalue weighted by molar-refractivity contribution is 5.79. The minimum absolute atomic E-state index is 0.317. The third-order valence-electron chi connectivity index (χ3n) is 2.94. The van der Waals surface area contributed by atoms with E-state index in [9.17, 15) is 14.9 Å². The molecule has 0 heterocycles. The first-order valence-electron chi connectivity index (χ1n) is 5.78. The molecule has 0 aromatic rings. The fraction of sp³-hybridized carbons (Fsp3) is 0.727. The molecule has 17 heavy (non-hydrogen) atoms. The van der Waals surface area contributed by atoms with E-state index >= 15 is 0 Å². The Morgan fingerprint density at radius 2 is 2.12 bits per heavy atom. The van der Waals surface area contributed by atoms with Crippen LogP contribution in [0.1, 0.15) is 38.5 Å². The van der Waals surface area contributed by atoms with E-state index in [-0.39, 0.29) is 0 Å². The molecule has 0 saturated heterocycles. The number of carboxylic acid groups (broad SMARTS) is 1. The SMILES string of the molecule is O=C(O)C=COC(CC1CCCCC1)[N+](=O)[O-]. The Labute approximate surface area is 99.4 Å². The second kappa shape index (κ2) is 6.88. The molecular weight excluding hydrogens is 226 g/mol. The molecular formula is C11H17NO5. The first kappa shape index (κ1) is 13.5. The minimum Gasteiger partial charge on any atom is -0.478 e.